The smallest absolute Gasteiger partial charge is 0.279 e. The topological polar surface area (TPSA) is 46.4 Å². The van der Waals surface area contributed by atoms with Crippen LogP contribution >= 0.6 is 45.9 Å². The molecular weight excluding hydrogens is 397 g/mol. The minimum Gasteiger partial charge on any atom is -0.325 e. The maximum absolute atomic E-state index is 12.2. The number of nitrogens with zero attached hydrogens (tertiary/aromatic N) is 1. The summed E-state index contributed by atoms with van der Waals surface area (Å²) in [4.78, 5) is 17.9. The molecule has 1 atom stereocenters. The van der Waals surface area contributed by atoms with Crippen LogP contribution in [0.25, 0.3) is 10.6 Å². The predicted octanol–water partition coefficient (Wildman–Crippen LogP) is 3.83. The van der Waals surface area contributed by atoms with Crippen LogP contribution in [0.1, 0.15) is 5.69 Å². The minimum absolute atomic E-state index is 0.0795. The van der Waals surface area contributed by atoms with Gasteiger partial charge in [0.2, 0.25) is 0 Å². The Hall–Kier alpha value is -1.44. The van der Waals surface area contributed by atoms with Crippen LogP contribution in [-0.2, 0) is 11.3 Å². The Balaban J connectivity index is 1.54. The summed E-state index contributed by atoms with van der Waals surface area (Å²) in [5, 5.41) is 10.9. The number of amides is 1. The van der Waals surface area contributed by atoms with Crippen molar-refractivity contribution in [2.24, 2.45) is 0 Å². The second-order valence-corrected chi connectivity index (χ2v) is 8.10. The molecule has 0 aliphatic heterocycles. The molecule has 0 aliphatic rings. The largest absolute Gasteiger partial charge is 0.325 e. The van der Waals surface area contributed by atoms with Gasteiger partial charge in [0.1, 0.15) is 17.2 Å². The van der Waals surface area contributed by atoms with Gasteiger partial charge in [-0.2, -0.15) is 11.3 Å². The molecule has 0 saturated carbocycles. The first-order chi connectivity index (χ1) is 12.0. The Morgan fingerprint density at radius 1 is 1.24 bits per heavy atom. The first-order valence-corrected chi connectivity index (χ1v) is 10.1. The summed E-state index contributed by atoms with van der Waals surface area (Å²) >= 11 is 15.1. The van der Waals surface area contributed by atoms with Crippen molar-refractivity contribution >= 4 is 57.5 Å². The van der Waals surface area contributed by atoms with Crippen molar-refractivity contribution in [1.29, 1.82) is 0 Å². The number of thiophene rings is 1. The number of carbonyl (C=O) groups excluding carboxylic acids is 1. The Kier molecular flexibility index (Phi) is 6.09. The third-order valence-electron chi connectivity index (χ3n) is 3.47. The quantitative estimate of drug-likeness (QED) is 0.645. The summed E-state index contributed by atoms with van der Waals surface area (Å²) in [5.41, 5.74) is 2.78. The van der Waals surface area contributed by atoms with Gasteiger partial charge in [0, 0.05) is 22.0 Å². The number of hydrogen-bond acceptors (Lipinski definition) is 4. The molecule has 0 fully saturated rings. The van der Waals surface area contributed by atoms with E-state index in [0.717, 1.165) is 21.2 Å². The van der Waals surface area contributed by atoms with Gasteiger partial charge in [-0.25, -0.2) is 4.98 Å². The molecule has 1 aromatic carbocycles. The van der Waals surface area contributed by atoms with E-state index in [9.17, 15) is 4.79 Å². The zero-order valence-corrected chi connectivity index (χ0v) is 16.5. The maximum atomic E-state index is 12.2. The van der Waals surface area contributed by atoms with Gasteiger partial charge in [0.05, 0.1) is 17.1 Å². The number of quaternary nitrogens is 1. The summed E-state index contributed by atoms with van der Waals surface area (Å²) in [6.45, 7) is 1.03. The number of thiazole rings is 1. The highest BCUT2D eigenvalue weighted by atomic mass is 35.5. The summed E-state index contributed by atoms with van der Waals surface area (Å²) < 4.78 is 0. The number of rotatable bonds is 6. The van der Waals surface area contributed by atoms with Gasteiger partial charge in [-0.15, -0.1) is 11.3 Å². The monoisotopic (exact) mass is 412 g/mol. The van der Waals surface area contributed by atoms with Gasteiger partial charge in [0.15, 0.2) is 6.54 Å². The fraction of sp³-hybridized carbons (Fsp3) is 0.176. The summed E-state index contributed by atoms with van der Waals surface area (Å²) in [6.07, 6.45) is 0. The Bertz CT molecular complexity index is 865. The fourth-order valence-corrected chi connectivity index (χ4v) is 4.16. The third-order valence-corrected chi connectivity index (χ3v) is 5.83. The summed E-state index contributed by atoms with van der Waals surface area (Å²) in [7, 11) is 1.97. The SMILES string of the molecule is C[NH+](CC(=O)Nc1ccc(Cl)c(Cl)c1)Cc1csc(-c2ccsc2)n1. The molecule has 1 amide bonds. The van der Waals surface area contributed by atoms with Gasteiger partial charge in [-0.05, 0) is 29.6 Å². The molecule has 0 radical (unpaired) electrons. The van der Waals surface area contributed by atoms with Crippen molar-refractivity contribution in [3.63, 3.8) is 0 Å². The molecule has 0 spiro atoms. The van der Waals surface area contributed by atoms with Crippen LogP contribution in [0.15, 0.2) is 40.4 Å². The third kappa shape index (κ3) is 5.03. The van der Waals surface area contributed by atoms with E-state index in [-0.39, 0.29) is 5.91 Å². The maximum Gasteiger partial charge on any atom is 0.279 e. The normalized spacial score (nSPS) is 12.1. The molecular formula is C17H16Cl2N3OS2+. The highest BCUT2D eigenvalue weighted by molar-refractivity contribution is 7.14. The molecule has 0 saturated heterocycles. The van der Waals surface area contributed by atoms with Crippen molar-refractivity contribution < 1.29 is 9.69 Å². The summed E-state index contributed by atoms with van der Waals surface area (Å²) in [5.74, 6) is -0.0795. The van der Waals surface area contributed by atoms with Crippen molar-refractivity contribution in [2.45, 2.75) is 6.54 Å². The van der Waals surface area contributed by atoms with Crippen molar-refractivity contribution in [1.82, 2.24) is 4.98 Å². The van der Waals surface area contributed by atoms with E-state index in [1.165, 1.54) is 0 Å². The minimum atomic E-state index is -0.0795. The van der Waals surface area contributed by atoms with E-state index in [1.807, 2.05) is 17.8 Å². The van der Waals surface area contributed by atoms with Crippen molar-refractivity contribution in [2.75, 3.05) is 18.9 Å². The zero-order chi connectivity index (χ0) is 17.8. The van der Waals surface area contributed by atoms with Gasteiger partial charge in [-0.3, -0.25) is 4.79 Å². The van der Waals surface area contributed by atoms with E-state index in [1.54, 1.807) is 40.9 Å². The Labute approximate surface area is 164 Å². The highest BCUT2D eigenvalue weighted by Crippen LogP contribution is 2.26. The number of anilines is 1. The Morgan fingerprint density at radius 3 is 2.80 bits per heavy atom. The average Bonchev–Trinajstić information content (AvgIpc) is 3.21. The molecule has 3 aromatic rings. The molecule has 0 aliphatic carbocycles. The lowest BCUT2D eigenvalue weighted by Crippen LogP contribution is -3.08. The van der Waals surface area contributed by atoms with Crippen molar-refractivity contribution in [3.05, 3.63) is 56.1 Å². The number of likely N-dealkylation sites (N-methyl/N-ethyl adjacent to an activating group) is 1. The number of carbonyl (C=O) groups is 1. The van der Waals surface area contributed by atoms with Crippen LogP contribution in [-0.4, -0.2) is 24.5 Å². The lowest BCUT2D eigenvalue weighted by Gasteiger charge is -2.12. The zero-order valence-electron chi connectivity index (χ0n) is 13.4. The summed E-state index contributed by atoms with van der Waals surface area (Å²) in [6, 6.07) is 7.10. The van der Waals surface area contributed by atoms with Crippen LogP contribution in [0.3, 0.4) is 0 Å². The molecule has 8 heteroatoms. The van der Waals surface area contributed by atoms with Crippen LogP contribution < -0.4 is 10.2 Å². The van der Waals surface area contributed by atoms with E-state index < -0.39 is 0 Å². The number of hydrogen-bond donors (Lipinski definition) is 2. The predicted molar refractivity (Wildman–Crippen MR) is 106 cm³/mol. The van der Waals surface area contributed by atoms with Crippen LogP contribution in [0, 0.1) is 0 Å². The average molecular weight is 413 g/mol. The molecule has 25 heavy (non-hydrogen) atoms. The Morgan fingerprint density at radius 2 is 2.08 bits per heavy atom. The number of nitrogens with one attached hydrogen (secondary N) is 2. The first-order valence-electron chi connectivity index (χ1n) is 7.54. The van der Waals surface area contributed by atoms with Crippen LogP contribution in [0.5, 0.6) is 0 Å². The lowest BCUT2D eigenvalue weighted by molar-refractivity contribution is -0.885. The van der Waals surface area contributed by atoms with Crippen molar-refractivity contribution in [3.8, 4) is 10.6 Å². The second-order valence-electron chi connectivity index (χ2n) is 5.64. The number of halogens is 2. The van der Waals surface area contributed by atoms with Crippen LogP contribution in [0.2, 0.25) is 10.0 Å². The van der Waals surface area contributed by atoms with Gasteiger partial charge in [0.25, 0.3) is 5.91 Å². The second kappa shape index (κ2) is 8.29. The van der Waals surface area contributed by atoms with Crippen LogP contribution in [0.4, 0.5) is 5.69 Å². The molecule has 3 rings (SSSR count). The van der Waals surface area contributed by atoms with E-state index in [0.29, 0.717) is 28.8 Å². The number of benzene rings is 1. The van der Waals surface area contributed by atoms with E-state index >= 15 is 0 Å². The van der Waals surface area contributed by atoms with E-state index in [4.69, 9.17) is 23.2 Å². The highest BCUT2D eigenvalue weighted by Gasteiger charge is 2.14. The lowest BCUT2D eigenvalue weighted by atomic mass is 10.3. The molecule has 2 aromatic heterocycles. The molecule has 1 unspecified atom stereocenters. The number of aromatic nitrogens is 1. The molecule has 2 heterocycles. The molecule has 4 nitrogen and oxygen atoms in total. The van der Waals surface area contributed by atoms with E-state index in [2.05, 4.69) is 21.7 Å². The first kappa shape index (κ1) is 18.4. The van der Waals surface area contributed by atoms with Gasteiger partial charge in [-0.1, -0.05) is 23.2 Å². The molecule has 2 N–H and O–H groups in total. The van der Waals surface area contributed by atoms with Gasteiger partial charge >= 0.3 is 0 Å². The molecule has 130 valence electrons. The van der Waals surface area contributed by atoms with Gasteiger partial charge < -0.3 is 10.2 Å². The molecule has 0 bridgehead atoms. The fourth-order valence-electron chi connectivity index (χ4n) is 2.33. The standard InChI is InChI=1S/C17H15Cl2N3OS2/c1-22(7-13-10-25-17(21-13)11-4-5-24-9-11)8-16(23)20-12-2-3-14(18)15(19)6-12/h2-6,9-10H,7-8H2,1H3,(H,20,23)/p+1.